The minimum Gasteiger partial charge on any atom is -0.273 e. The molecular weight excluding hydrogens is 340 g/mol. The summed E-state index contributed by atoms with van der Waals surface area (Å²) in [5.74, 6) is -1.09. The lowest BCUT2D eigenvalue weighted by Gasteiger charge is -2.37. The highest BCUT2D eigenvalue weighted by atomic mass is 35.5. The molecule has 2 atom stereocenters. The highest BCUT2D eigenvalue weighted by molar-refractivity contribution is 8.02. The molecule has 1 saturated heterocycles. The molecule has 0 radical (unpaired) electrons. The molecular formula is C10H9Cl4NO2S. The first kappa shape index (κ1) is 14.8. The monoisotopic (exact) mass is 347 g/mol. The summed E-state index contributed by atoms with van der Waals surface area (Å²) in [6, 6.07) is 0. The second kappa shape index (κ2) is 5.41. The molecule has 1 aliphatic heterocycles. The number of allylic oxidation sites excluding steroid dienone is 1. The number of piperidine rings is 1. The Balaban J connectivity index is 2.20. The van der Waals surface area contributed by atoms with E-state index in [1.54, 1.807) is 0 Å². The smallest absolute Gasteiger partial charge is 0.246 e. The number of hydrogen-bond acceptors (Lipinski definition) is 3. The van der Waals surface area contributed by atoms with E-state index in [1.807, 2.05) is 12.2 Å². The van der Waals surface area contributed by atoms with Crippen LogP contribution in [0.1, 0.15) is 12.8 Å². The molecule has 0 saturated carbocycles. The Morgan fingerprint density at radius 3 is 2.61 bits per heavy atom. The van der Waals surface area contributed by atoms with Crippen LogP contribution in [0.3, 0.4) is 0 Å². The van der Waals surface area contributed by atoms with Gasteiger partial charge in [-0.2, -0.15) is 0 Å². The first-order valence-electron chi connectivity index (χ1n) is 5.22. The van der Waals surface area contributed by atoms with Crippen LogP contribution in [-0.4, -0.2) is 24.6 Å². The van der Waals surface area contributed by atoms with E-state index in [1.165, 1.54) is 0 Å². The molecule has 0 N–H and O–H groups in total. The van der Waals surface area contributed by atoms with Gasteiger partial charge in [0.05, 0.1) is 5.92 Å². The highest BCUT2D eigenvalue weighted by Crippen LogP contribution is 2.47. The summed E-state index contributed by atoms with van der Waals surface area (Å²) in [6.45, 7) is 0. The molecule has 0 aromatic heterocycles. The molecule has 0 aromatic carbocycles. The molecule has 0 spiro atoms. The summed E-state index contributed by atoms with van der Waals surface area (Å²) >= 11 is 23.7. The molecule has 1 aliphatic carbocycles. The van der Waals surface area contributed by atoms with E-state index < -0.39 is 8.50 Å². The average Bonchev–Trinajstić information content (AvgIpc) is 2.33. The number of imide groups is 1. The lowest BCUT2D eigenvalue weighted by atomic mass is 9.82. The van der Waals surface area contributed by atoms with Gasteiger partial charge in [-0.1, -0.05) is 35.4 Å². The van der Waals surface area contributed by atoms with Crippen LogP contribution in [0.15, 0.2) is 12.2 Å². The second-order valence-corrected chi connectivity index (χ2v) is 8.25. The van der Waals surface area contributed by atoms with Crippen molar-refractivity contribution in [3.05, 3.63) is 12.2 Å². The molecule has 18 heavy (non-hydrogen) atoms. The quantitative estimate of drug-likeness (QED) is 0.339. The molecule has 2 bridgehead atoms. The van der Waals surface area contributed by atoms with E-state index in [4.69, 9.17) is 46.4 Å². The molecule has 2 aliphatic rings. The SMILES string of the molecule is O=C1[C@@H]2CC=C[C@@H](C2)C(=O)N1SC(Cl)(Cl)C(Cl)Cl. The minimum atomic E-state index is -1.64. The zero-order valence-electron chi connectivity index (χ0n) is 8.98. The van der Waals surface area contributed by atoms with Crippen molar-refractivity contribution in [2.45, 2.75) is 21.3 Å². The van der Waals surface area contributed by atoms with Crippen molar-refractivity contribution >= 4 is 70.2 Å². The third-order valence-corrected chi connectivity index (χ3v) is 6.09. The Kier molecular flexibility index (Phi) is 4.44. The lowest BCUT2D eigenvalue weighted by molar-refractivity contribution is -0.147. The maximum absolute atomic E-state index is 12.1. The Morgan fingerprint density at radius 2 is 2.00 bits per heavy atom. The summed E-state index contributed by atoms with van der Waals surface area (Å²) in [5.41, 5.74) is 0. The maximum Gasteiger partial charge on any atom is 0.246 e. The van der Waals surface area contributed by atoms with Crippen molar-refractivity contribution in [3.8, 4) is 0 Å². The van der Waals surface area contributed by atoms with Crippen LogP contribution in [-0.2, 0) is 9.59 Å². The number of carbonyl (C=O) groups is 2. The number of carbonyl (C=O) groups excluding carboxylic acids is 2. The summed E-state index contributed by atoms with van der Waals surface area (Å²) in [7, 11) is 0. The summed E-state index contributed by atoms with van der Waals surface area (Å²) in [6.07, 6.45) is 4.84. The van der Waals surface area contributed by atoms with Crippen LogP contribution in [0, 0.1) is 11.8 Å². The fourth-order valence-corrected chi connectivity index (χ4v) is 3.39. The van der Waals surface area contributed by atoms with Gasteiger partial charge in [-0.15, -0.1) is 23.2 Å². The molecule has 0 aromatic rings. The van der Waals surface area contributed by atoms with Gasteiger partial charge in [0.2, 0.25) is 15.5 Å². The Bertz CT molecular complexity index is 413. The number of rotatable bonds is 3. The van der Waals surface area contributed by atoms with E-state index in [0.29, 0.717) is 24.8 Å². The topological polar surface area (TPSA) is 37.4 Å². The number of nitrogens with zero attached hydrogens (tertiary/aromatic N) is 1. The predicted molar refractivity (Wildman–Crippen MR) is 74.7 cm³/mol. The molecule has 100 valence electrons. The fraction of sp³-hybridized carbons (Fsp3) is 0.600. The van der Waals surface area contributed by atoms with E-state index in [9.17, 15) is 9.59 Å². The first-order chi connectivity index (χ1) is 8.33. The maximum atomic E-state index is 12.1. The van der Waals surface area contributed by atoms with Crippen molar-refractivity contribution in [1.29, 1.82) is 0 Å². The van der Waals surface area contributed by atoms with Crippen molar-refractivity contribution in [2.24, 2.45) is 11.8 Å². The summed E-state index contributed by atoms with van der Waals surface area (Å²) in [4.78, 5) is 23.0. The third kappa shape index (κ3) is 2.78. The van der Waals surface area contributed by atoms with Gasteiger partial charge in [0.15, 0.2) is 4.84 Å². The van der Waals surface area contributed by atoms with Crippen molar-refractivity contribution in [1.82, 2.24) is 4.31 Å². The normalized spacial score (nSPS) is 28.2. The number of amides is 2. The molecule has 3 nitrogen and oxygen atoms in total. The van der Waals surface area contributed by atoms with Crippen LogP contribution < -0.4 is 0 Å². The minimum absolute atomic E-state index is 0.196. The number of hydrogen-bond donors (Lipinski definition) is 0. The Hall–Kier alpha value is 0.390. The Morgan fingerprint density at radius 1 is 1.33 bits per heavy atom. The van der Waals surface area contributed by atoms with Gasteiger partial charge in [-0.25, -0.2) is 4.31 Å². The fourth-order valence-electron chi connectivity index (χ4n) is 1.95. The van der Waals surface area contributed by atoms with E-state index in [2.05, 4.69) is 0 Å². The molecule has 8 heteroatoms. The largest absolute Gasteiger partial charge is 0.273 e. The van der Waals surface area contributed by atoms with Gasteiger partial charge in [-0.05, 0) is 12.8 Å². The van der Waals surface area contributed by atoms with Gasteiger partial charge >= 0.3 is 0 Å². The van der Waals surface area contributed by atoms with Crippen LogP contribution in [0.2, 0.25) is 0 Å². The molecule has 2 rings (SSSR count). The molecule has 1 heterocycles. The van der Waals surface area contributed by atoms with Crippen molar-refractivity contribution in [3.63, 3.8) is 0 Å². The molecule has 1 fully saturated rings. The number of fused-ring (bicyclic) bond motifs is 2. The van der Waals surface area contributed by atoms with Gasteiger partial charge in [0.25, 0.3) is 0 Å². The van der Waals surface area contributed by atoms with Crippen LogP contribution in [0.4, 0.5) is 0 Å². The standard InChI is InChI=1S/C10H9Cl4NO2S/c11-9(12)10(13,14)18-15-7(16)5-2-1-3-6(4-5)8(15)17/h1-2,5-6,9H,3-4H2/t5-,6+/m0/s1. The van der Waals surface area contributed by atoms with Gasteiger partial charge in [0, 0.05) is 17.9 Å². The van der Waals surface area contributed by atoms with Crippen LogP contribution in [0.25, 0.3) is 0 Å². The predicted octanol–water partition coefficient (Wildman–Crippen LogP) is 3.52. The number of halogens is 4. The van der Waals surface area contributed by atoms with E-state index in [0.717, 1.165) is 4.31 Å². The Labute approximate surface area is 129 Å². The highest BCUT2D eigenvalue weighted by Gasteiger charge is 2.46. The van der Waals surface area contributed by atoms with Crippen molar-refractivity contribution < 1.29 is 9.59 Å². The summed E-state index contributed by atoms with van der Waals surface area (Å²) < 4.78 is -0.635. The zero-order chi connectivity index (χ0) is 13.5. The van der Waals surface area contributed by atoms with Crippen molar-refractivity contribution in [2.75, 3.05) is 0 Å². The van der Waals surface area contributed by atoms with Gasteiger partial charge in [0.1, 0.15) is 0 Å². The second-order valence-electron chi connectivity index (χ2n) is 4.13. The zero-order valence-corrected chi connectivity index (χ0v) is 12.8. The molecule has 2 amide bonds. The van der Waals surface area contributed by atoms with Crippen LogP contribution in [0.5, 0.6) is 0 Å². The van der Waals surface area contributed by atoms with E-state index >= 15 is 0 Å². The first-order valence-corrected chi connectivity index (χ1v) is 7.62. The van der Waals surface area contributed by atoms with Crippen LogP contribution >= 0.6 is 58.4 Å². The van der Waals surface area contributed by atoms with Gasteiger partial charge < -0.3 is 0 Å². The van der Waals surface area contributed by atoms with E-state index in [-0.39, 0.29) is 23.7 Å². The summed E-state index contributed by atoms with van der Waals surface area (Å²) in [5, 5.41) is 0. The third-order valence-electron chi connectivity index (χ3n) is 2.86. The van der Waals surface area contributed by atoms with Gasteiger partial charge in [-0.3, -0.25) is 9.59 Å². The lowest BCUT2D eigenvalue weighted by Crippen LogP contribution is -2.48. The molecule has 0 unspecified atom stereocenters. The average molecular weight is 349 g/mol. The number of alkyl halides is 4.